The van der Waals surface area contributed by atoms with Crippen molar-refractivity contribution in [1.82, 2.24) is 9.36 Å². The lowest BCUT2D eigenvalue weighted by molar-refractivity contribution is -0.146. The Labute approximate surface area is 185 Å². The minimum absolute atomic E-state index is 0.196. The molecule has 1 unspecified atom stereocenters. The van der Waals surface area contributed by atoms with Gasteiger partial charge in [0.25, 0.3) is 11.1 Å². The Bertz CT molecular complexity index is 1380. The van der Waals surface area contributed by atoms with Crippen molar-refractivity contribution in [3.05, 3.63) is 74.8 Å². The highest BCUT2D eigenvalue weighted by atomic mass is 16.2. The number of nitrogens with zero attached hydrogens (tertiary/aromatic N) is 2. The standard InChI is InChI=1S/C27H26N2O3/c30-24(27-12-16-9-17(13-27)11-18(10-16)14-27)22-15-28-25(31)20-6-1-2-7-21(20)26(32)29(28)23-8-4-3-5-19(22)23/h1-8,16-18,22H,9-15H2. The van der Waals surface area contributed by atoms with Crippen molar-refractivity contribution in [3.8, 4) is 5.69 Å². The van der Waals surface area contributed by atoms with Gasteiger partial charge in [0, 0.05) is 5.41 Å². The number of carbonyl (C=O) groups is 1. The van der Waals surface area contributed by atoms with Crippen molar-refractivity contribution in [1.29, 1.82) is 0 Å². The van der Waals surface area contributed by atoms with Gasteiger partial charge in [0.1, 0.15) is 5.78 Å². The largest absolute Gasteiger partial charge is 0.298 e. The lowest BCUT2D eigenvalue weighted by Crippen LogP contribution is -2.53. The topological polar surface area (TPSA) is 61.1 Å². The first kappa shape index (κ1) is 18.6. The fourth-order valence-electron chi connectivity index (χ4n) is 7.97. The highest BCUT2D eigenvalue weighted by Gasteiger charge is 2.56. The molecule has 5 heteroatoms. The predicted molar refractivity (Wildman–Crippen MR) is 122 cm³/mol. The fourth-order valence-corrected chi connectivity index (χ4v) is 7.97. The molecule has 0 spiro atoms. The van der Waals surface area contributed by atoms with E-state index < -0.39 is 0 Å². The van der Waals surface area contributed by atoms with Crippen LogP contribution in [-0.2, 0) is 11.3 Å². The van der Waals surface area contributed by atoms with Gasteiger partial charge in [-0.1, -0.05) is 30.3 Å². The lowest BCUT2D eigenvalue weighted by atomic mass is 9.47. The Hall–Kier alpha value is -2.95. The summed E-state index contributed by atoms with van der Waals surface area (Å²) in [6.07, 6.45) is 6.90. The summed E-state index contributed by atoms with van der Waals surface area (Å²) in [7, 11) is 0. The minimum atomic E-state index is -0.374. The van der Waals surface area contributed by atoms with Crippen molar-refractivity contribution in [2.45, 2.75) is 51.0 Å². The Morgan fingerprint density at radius 2 is 1.34 bits per heavy atom. The highest BCUT2D eigenvalue weighted by Crippen LogP contribution is 2.61. The molecule has 2 heterocycles. The van der Waals surface area contributed by atoms with Gasteiger partial charge in [-0.05, 0) is 80.0 Å². The maximum Gasteiger partial charge on any atom is 0.278 e. The number of hydrogen-bond acceptors (Lipinski definition) is 3. The molecule has 0 saturated heterocycles. The second-order valence-electron chi connectivity index (χ2n) is 10.7. The monoisotopic (exact) mass is 426 g/mol. The van der Waals surface area contributed by atoms with E-state index in [1.54, 1.807) is 24.3 Å². The van der Waals surface area contributed by atoms with Crippen LogP contribution in [0.2, 0.25) is 0 Å². The number of fused-ring (bicyclic) bond motifs is 4. The van der Waals surface area contributed by atoms with Crippen LogP contribution < -0.4 is 11.1 Å². The minimum Gasteiger partial charge on any atom is -0.298 e. The molecule has 2 aromatic carbocycles. The Kier molecular flexibility index (Phi) is 3.67. The third-order valence-electron chi connectivity index (χ3n) is 8.83. The average Bonchev–Trinajstić information content (AvgIpc) is 2.80. The first-order valence-corrected chi connectivity index (χ1v) is 11.9. The maximum atomic E-state index is 14.3. The number of Topliss-reactive ketones (excluding diaryl/α,β-unsaturated/α-hetero) is 1. The van der Waals surface area contributed by atoms with Crippen LogP contribution >= 0.6 is 0 Å². The van der Waals surface area contributed by atoms with Crippen molar-refractivity contribution in [2.75, 3.05) is 0 Å². The van der Waals surface area contributed by atoms with Crippen molar-refractivity contribution in [3.63, 3.8) is 0 Å². The molecular weight excluding hydrogens is 400 g/mol. The summed E-state index contributed by atoms with van der Waals surface area (Å²) in [6, 6.07) is 14.7. The van der Waals surface area contributed by atoms with E-state index in [9.17, 15) is 14.4 Å². The van der Waals surface area contributed by atoms with Crippen LogP contribution in [0, 0.1) is 23.2 Å². The normalized spacial score (nSPS) is 32.0. The van der Waals surface area contributed by atoms with Crippen LogP contribution in [0.4, 0.5) is 0 Å². The van der Waals surface area contributed by atoms with E-state index in [0.29, 0.717) is 40.0 Å². The zero-order valence-corrected chi connectivity index (χ0v) is 18.0. The van der Waals surface area contributed by atoms with E-state index in [-0.39, 0.29) is 29.0 Å². The second-order valence-corrected chi connectivity index (χ2v) is 10.7. The van der Waals surface area contributed by atoms with E-state index in [1.165, 1.54) is 28.6 Å². The fraction of sp³-hybridized carbons (Fsp3) is 0.444. The number of para-hydroxylation sites is 1. The van der Waals surface area contributed by atoms with Crippen LogP contribution in [-0.4, -0.2) is 15.1 Å². The lowest BCUT2D eigenvalue weighted by Gasteiger charge is -2.56. The molecule has 1 aromatic heterocycles. The van der Waals surface area contributed by atoms with Crippen LogP contribution in [0.3, 0.4) is 0 Å². The second kappa shape index (κ2) is 6.31. The summed E-state index contributed by atoms with van der Waals surface area (Å²) in [4.78, 5) is 41.1. The molecule has 5 aliphatic rings. The van der Waals surface area contributed by atoms with Crippen molar-refractivity contribution in [2.24, 2.45) is 23.2 Å². The molecular formula is C27H26N2O3. The van der Waals surface area contributed by atoms with E-state index in [2.05, 4.69) is 0 Å². The number of ketones is 1. The third-order valence-corrected chi connectivity index (χ3v) is 8.83. The van der Waals surface area contributed by atoms with E-state index in [4.69, 9.17) is 0 Å². The summed E-state index contributed by atoms with van der Waals surface area (Å²) in [6.45, 7) is 0.247. The van der Waals surface area contributed by atoms with Crippen LogP contribution in [0.15, 0.2) is 58.1 Å². The van der Waals surface area contributed by atoms with Crippen molar-refractivity contribution < 1.29 is 4.79 Å². The number of rotatable bonds is 2. The van der Waals surface area contributed by atoms with Crippen LogP contribution in [0.25, 0.3) is 16.5 Å². The third kappa shape index (κ3) is 2.37. The molecule has 3 aromatic rings. The zero-order valence-electron chi connectivity index (χ0n) is 18.0. The first-order valence-electron chi connectivity index (χ1n) is 11.9. The zero-order chi connectivity index (χ0) is 21.6. The molecule has 0 N–H and O–H groups in total. The van der Waals surface area contributed by atoms with Gasteiger partial charge in [0.15, 0.2) is 0 Å². The number of carbonyl (C=O) groups excluding carboxylic acids is 1. The van der Waals surface area contributed by atoms with Crippen molar-refractivity contribution >= 4 is 16.6 Å². The molecule has 0 amide bonds. The molecule has 4 bridgehead atoms. The molecule has 1 atom stereocenters. The van der Waals surface area contributed by atoms with Gasteiger partial charge in [-0.2, -0.15) is 0 Å². The summed E-state index contributed by atoms with van der Waals surface area (Å²) >= 11 is 0. The molecule has 4 aliphatic carbocycles. The summed E-state index contributed by atoms with van der Waals surface area (Å²) < 4.78 is 3.03. The molecule has 4 saturated carbocycles. The van der Waals surface area contributed by atoms with Gasteiger partial charge in [-0.25, -0.2) is 9.36 Å². The average molecular weight is 427 g/mol. The number of hydrogen-bond donors (Lipinski definition) is 0. The molecule has 4 fully saturated rings. The van der Waals surface area contributed by atoms with E-state index in [0.717, 1.165) is 24.8 Å². The highest BCUT2D eigenvalue weighted by molar-refractivity contribution is 5.92. The molecule has 32 heavy (non-hydrogen) atoms. The summed E-state index contributed by atoms with van der Waals surface area (Å²) in [5, 5.41) is 0.851. The predicted octanol–water partition coefficient (Wildman–Crippen LogP) is 4.04. The smallest absolute Gasteiger partial charge is 0.278 e. The molecule has 8 rings (SSSR count). The van der Waals surface area contributed by atoms with E-state index in [1.807, 2.05) is 24.3 Å². The van der Waals surface area contributed by atoms with Gasteiger partial charge in [0.2, 0.25) is 0 Å². The van der Waals surface area contributed by atoms with Gasteiger partial charge in [0.05, 0.1) is 28.9 Å². The van der Waals surface area contributed by atoms with Gasteiger partial charge < -0.3 is 0 Å². The number of benzene rings is 2. The molecule has 5 nitrogen and oxygen atoms in total. The van der Waals surface area contributed by atoms with Crippen LogP contribution in [0.1, 0.15) is 50.0 Å². The summed E-state index contributed by atoms with van der Waals surface area (Å²) in [5.74, 6) is 1.99. The van der Waals surface area contributed by atoms with E-state index >= 15 is 0 Å². The van der Waals surface area contributed by atoms with Gasteiger partial charge in [-0.3, -0.25) is 14.4 Å². The number of aromatic nitrogens is 2. The Balaban J connectivity index is 1.42. The quantitative estimate of drug-likeness (QED) is 0.622. The SMILES string of the molecule is O=C(C1Cn2c(=O)c3ccccc3c(=O)n2-c2ccccc21)C12CC3CC(CC(C3)C1)C2. The maximum absolute atomic E-state index is 14.3. The Morgan fingerprint density at radius 1 is 0.781 bits per heavy atom. The summed E-state index contributed by atoms with van der Waals surface area (Å²) in [5.41, 5.74) is 0.932. The molecule has 0 radical (unpaired) electrons. The Morgan fingerprint density at radius 3 is 2.00 bits per heavy atom. The molecule has 1 aliphatic heterocycles. The van der Waals surface area contributed by atoms with Gasteiger partial charge in [-0.15, -0.1) is 0 Å². The molecule has 162 valence electrons. The first-order chi connectivity index (χ1) is 15.5. The van der Waals surface area contributed by atoms with Gasteiger partial charge >= 0.3 is 0 Å². The van der Waals surface area contributed by atoms with Crippen LogP contribution in [0.5, 0.6) is 0 Å².